The third kappa shape index (κ3) is 1.37. The van der Waals surface area contributed by atoms with E-state index in [1.165, 1.54) is 0 Å². The van der Waals surface area contributed by atoms with Crippen LogP contribution in [0.4, 0.5) is 5.69 Å². The fourth-order valence-electron chi connectivity index (χ4n) is 1.51. The number of benzene rings is 1. The number of carbonyl (C=O) groups is 1. The Labute approximate surface area is 85.8 Å². The minimum Gasteiger partial charge on any atom is -0.320 e. The van der Waals surface area contributed by atoms with Crippen LogP contribution in [-0.4, -0.2) is 17.2 Å². The summed E-state index contributed by atoms with van der Waals surface area (Å²) in [4.78, 5) is 11.3. The van der Waals surface area contributed by atoms with E-state index >= 15 is 0 Å². The van der Waals surface area contributed by atoms with Crippen LogP contribution in [0.5, 0.6) is 0 Å². The topological polar surface area (TPSA) is 66.6 Å². The highest BCUT2D eigenvalue weighted by Crippen LogP contribution is 2.28. The number of fused-ring (bicyclic) bond motifs is 1. The first kappa shape index (κ1) is 9.45. The van der Waals surface area contributed by atoms with Gasteiger partial charge in [-0.25, -0.2) is 0 Å². The van der Waals surface area contributed by atoms with E-state index in [1.807, 2.05) is 0 Å². The van der Waals surface area contributed by atoms with Gasteiger partial charge in [0.1, 0.15) is 0 Å². The molecule has 0 unspecified atom stereocenters. The van der Waals surface area contributed by atoms with E-state index in [9.17, 15) is 10.0 Å². The molecule has 3 N–H and O–H groups in total. The number of halogens is 1. The van der Waals surface area contributed by atoms with Crippen LogP contribution in [0, 0.1) is 0 Å². The normalized spacial score (nSPS) is 20.9. The summed E-state index contributed by atoms with van der Waals surface area (Å²) in [5, 5.41) is 10.5. The first-order valence-electron chi connectivity index (χ1n) is 4.16. The van der Waals surface area contributed by atoms with Gasteiger partial charge in [-0.05, 0) is 24.1 Å². The molecule has 0 bridgehead atoms. The van der Waals surface area contributed by atoms with E-state index in [0.29, 0.717) is 22.2 Å². The van der Waals surface area contributed by atoms with Crippen molar-refractivity contribution >= 4 is 23.2 Å². The summed E-state index contributed by atoms with van der Waals surface area (Å²) in [6.45, 7) is 0. The highest BCUT2D eigenvalue weighted by atomic mass is 35.5. The summed E-state index contributed by atoms with van der Waals surface area (Å²) in [6.07, 6.45) is 0.433. The fraction of sp³-hybridized carbons (Fsp3) is 0.222. The van der Waals surface area contributed by atoms with E-state index in [2.05, 4.69) is 0 Å². The maximum Gasteiger partial charge on any atom is 0.267 e. The molecule has 2 rings (SSSR count). The van der Waals surface area contributed by atoms with Crippen molar-refractivity contribution in [3.05, 3.63) is 28.8 Å². The molecular weight excluding hydrogens is 204 g/mol. The summed E-state index contributed by atoms with van der Waals surface area (Å²) >= 11 is 5.75. The van der Waals surface area contributed by atoms with Crippen LogP contribution in [0.1, 0.15) is 5.56 Å². The van der Waals surface area contributed by atoms with Gasteiger partial charge in [0, 0.05) is 5.02 Å². The number of anilines is 1. The molecule has 14 heavy (non-hydrogen) atoms. The molecule has 0 saturated heterocycles. The first-order valence-corrected chi connectivity index (χ1v) is 4.54. The largest absolute Gasteiger partial charge is 0.320 e. The predicted octanol–water partition coefficient (Wildman–Crippen LogP) is 0.946. The van der Waals surface area contributed by atoms with Crippen LogP contribution in [0.2, 0.25) is 5.02 Å². The van der Waals surface area contributed by atoms with Crippen molar-refractivity contribution in [3.63, 3.8) is 0 Å². The predicted molar refractivity (Wildman–Crippen MR) is 52.4 cm³/mol. The first-order chi connectivity index (χ1) is 6.59. The molecule has 0 spiro atoms. The number of carbonyl (C=O) groups excluding carboxylic acids is 1. The molecule has 0 aromatic heterocycles. The number of amides is 1. The molecule has 4 nitrogen and oxygen atoms in total. The molecule has 0 saturated carbocycles. The van der Waals surface area contributed by atoms with Crippen molar-refractivity contribution in [2.75, 3.05) is 5.06 Å². The molecule has 0 aliphatic carbocycles. The smallest absolute Gasteiger partial charge is 0.267 e. The van der Waals surface area contributed by atoms with Crippen LogP contribution in [0.15, 0.2) is 18.2 Å². The number of rotatable bonds is 0. The number of hydrogen-bond acceptors (Lipinski definition) is 3. The quantitative estimate of drug-likeness (QED) is 0.630. The summed E-state index contributed by atoms with van der Waals surface area (Å²) in [5.74, 6) is -0.500. The van der Waals surface area contributed by atoms with Crippen LogP contribution >= 0.6 is 11.6 Å². The van der Waals surface area contributed by atoms with Gasteiger partial charge in [-0.1, -0.05) is 17.7 Å². The number of hydrogen-bond donors (Lipinski definition) is 2. The Bertz CT molecular complexity index is 394. The number of nitrogens with zero attached hydrogens (tertiary/aromatic N) is 1. The Morgan fingerprint density at radius 1 is 1.57 bits per heavy atom. The molecule has 0 fully saturated rings. The third-order valence-corrected chi connectivity index (χ3v) is 2.48. The molecule has 1 atom stereocenters. The Balaban J connectivity index is 2.51. The molecule has 1 aromatic carbocycles. The van der Waals surface area contributed by atoms with Crippen LogP contribution < -0.4 is 10.8 Å². The highest BCUT2D eigenvalue weighted by Gasteiger charge is 2.29. The van der Waals surface area contributed by atoms with Gasteiger partial charge in [0.2, 0.25) is 0 Å². The van der Waals surface area contributed by atoms with Crippen molar-refractivity contribution in [1.29, 1.82) is 0 Å². The van der Waals surface area contributed by atoms with E-state index < -0.39 is 11.9 Å². The zero-order chi connectivity index (χ0) is 10.3. The number of nitrogens with two attached hydrogens (primary N) is 1. The van der Waals surface area contributed by atoms with Gasteiger partial charge in [-0.15, -0.1) is 0 Å². The van der Waals surface area contributed by atoms with E-state index in [-0.39, 0.29) is 0 Å². The maximum absolute atomic E-state index is 11.3. The molecule has 1 aliphatic heterocycles. The minimum atomic E-state index is -0.673. The molecule has 1 amide bonds. The lowest BCUT2D eigenvalue weighted by atomic mass is 9.99. The third-order valence-electron chi connectivity index (χ3n) is 2.24. The molecule has 0 radical (unpaired) electrons. The molecule has 5 heteroatoms. The second kappa shape index (κ2) is 3.24. The van der Waals surface area contributed by atoms with E-state index in [0.717, 1.165) is 5.56 Å². The Kier molecular flexibility index (Phi) is 2.19. The van der Waals surface area contributed by atoms with Gasteiger partial charge in [0.25, 0.3) is 5.91 Å². The highest BCUT2D eigenvalue weighted by molar-refractivity contribution is 6.31. The van der Waals surface area contributed by atoms with Gasteiger partial charge in [0.15, 0.2) is 0 Å². The van der Waals surface area contributed by atoms with E-state index in [4.69, 9.17) is 17.3 Å². The Hall–Kier alpha value is -1.10. The summed E-state index contributed by atoms with van der Waals surface area (Å²) < 4.78 is 0. The molecule has 1 heterocycles. The van der Waals surface area contributed by atoms with Gasteiger partial charge < -0.3 is 5.73 Å². The summed E-state index contributed by atoms with van der Waals surface area (Å²) in [6, 6.07) is 4.33. The van der Waals surface area contributed by atoms with E-state index in [1.54, 1.807) is 18.2 Å². The molecule has 1 aromatic rings. The monoisotopic (exact) mass is 212 g/mol. The average molecular weight is 213 g/mol. The second-order valence-corrected chi connectivity index (χ2v) is 3.67. The lowest BCUT2D eigenvalue weighted by Crippen LogP contribution is -2.47. The average Bonchev–Trinajstić information content (AvgIpc) is 2.16. The lowest BCUT2D eigenvalue weighted by Gasteiger charge is -2.27. The summed E-state index contributed by atoms with van der Waals surface area (Å²) in [5.41, 5.74) is 6.78. The number of hydroxylamine groups is 1. The van der Waals surface area contributed by atoms with Crippen LogP contribution in [0.3, 0.4) is 0 Å². The van der Waals surface area contributed by atoms with Crippen molar-refractivity contribution in [2.24, 2.45) is 5.73 Å². The van der Waals surface area contributed by atoms with Gasteiger partial charge in [-0.2, -0.15) is 5.06 Å². The molecular formula is C9H9ClN2O2. The van der Waals surface area contributed by atoms with Crippen molar-refractivity contribution < 1.29 is 10.0 Å². The zero-order valence-electron chi connectivity index (χ0n) is 7.27. The maximum atomic E-state index is 11.3. The van der Waals surface area contributed by atoms with Gasteiger partial charge in [-0.3, -0.25) is 10.0 Å². The van der Waals surface area contributed by atoms with Gasteiger partial charge in [0.05, 0.1) is 11.7 Å². The second-order valence-electron chi connectivity index (χ2n) is 3.23. The SMILES string of the molecule is N[C@H]1Cc2ccc(Cl)cc2N(O)C1=O. The molecule has 1 aliphatic rings. The lowest BCUT2D eigenvalue weighted by molar-refractivity contribution is -0.125. The minimum absolute atomic E-state index is 0.421. The zero-order valence-corrected chi connectivity index (χ0v) is 8.03. The van der Waals surface area contributed by atoms with Crippen molar-refractivity contribution in [2.45, 2.75) is 12.5 Å². The fourth-order valence-corrected chi connectivity index (χ4v) is 1.67. The molecule has 74 valence electrons. The summed E-state index contributed by atoms with van der Waals surface area (Å²) in [7, 11) is 0. The Morgan fingerprint density at radius 3 is 3.00 bits per heavy atom. The van der Waals surface area contributed by atoms with Crippen LogP contribution in [0.25, 0.3) is 0 Å². The standard InChI is InChI=1S/C9H9ClN2O2/c10-6-2-1-5-3-7(11)9(13)12(14)8(5)4-6/h1-2,4,7,14H,3,11H2/t7-/m0/s1. The van der Waals surface area contributed by atoms with Crippen molar-refractivity contribution in [1.82, 2.24) is 0 Å². The van der Waals surface area contributed by atoms with Crippen molar-refractivity contribution in [3.8, 4) is 0 Å². The Morgan fingerprint density at radius 2 is 2.29 bits per heavy atom. The van der Waals surface area contributed by atoms with Crippen LogP contribution in [-0.2, 0) is 11.2 Å². The van der Waals surface area contributed by atoms with Gasteiger partial charge >= 0.3 is 0 Å².